The molecule has 0 aliphatic rings. The fraction of sp³-hybridized carbons (Fsp3) is 0.400. The Morgan fingerprint density at radius 3 is 2.86 bits per heavy atom. The summed E-state index contributed by atoms with van der Waals surface area (Å²) < 4.78 is 17.9. The summed E-state index contributed by atoms with van der Waals surface area (Å²) in [5.74, 6) is -0.876. The van der Waals surface area contributed by atoms with Crippen LogP contribution in [0.15, 0.2) is 12.4 Å². The molecule has 76 valence electrons. The number of hydrogen-bond acceptors (Lipinski definition) is 3. The number of hydrogen-bond donors (Lipinski definition) is 0. The van der Waals surface area contributed by atoms with E-state index in [1.54, 1.807) is 13.8 Å². The maximum Gasteiger partial charge on any atom is 0.310 e. The molecule has 0 atom stereocenters. The van der Waals surface area contributed by atoms with E-state index in [0.717, 1.165) is 6.20 Å². The minimum Gasteiger partial charge on any atom is -0.466 e. The Hall–Kier alpha value is -1.45. The SMILES string of the molecule is CCOC(=O)Cc1c(C)cncc1F. The van der Waals surface area contributed by atoms with Gasteiger partial charge in [0.25, 0.3) is 0 Å². The van der Waals surface area contributed by atoms with Gasteiger partial charge >= 0.3 is 5.97 Å². The van der Waals surface area contributed by atoms with Gasteiger partial charge in [-0.1, -0.05) is 0 Å². The monoisotopic (exact) mass is 197 g/mol. The lowest BCUT2D eigenvalue weighted by atomic mass is 10.1. The van der Waals surface area contributed by atoms with E-state index in [-0.39, 0.29) is 6.42 Å². The van der Waals surface area contributed by atoms with Crippen LogP contribution in [0.3, 0.4) is 0 Å². The molecular weight excluding hydrogens is 185 g/mol. The smallest absolute Gasteiger partial charge is 0.310 e. The first-order valence-corrected chi connectivity index (χ1v) is 4.39. The highest BCUT2D eigenvalue weighted by Crippen LogP contribution is 2.11. The lowest BCUT2D eigenvalue weighted by Crippen LogP contribution is -2.10. The van der Waals surface area contributed by atoms with E-state index in [1.807, 2.05) is 0 Å². The zero-order chi connectivity index (χ0) is 10.6. The highest BCUT2D eigenvalue weighted by Gasteiger charge is 2.11. The molecule has 1 aromatic rings. The van der Waals surface area contributed by atoms with Crippen LogP contribution in [0, 0.1) is 12.7 Å². The molecule has 0 aliphatic carbocycles. The number of aryl methyl sites for hydroxylation is 1. The lowest BCUT2D eigenvalue weighted by molar-refractivity contribution is -0.142. The van der Waals surface area contributed by atoms with Gasteiger partial charge in [-0.2, -0.15) is 0 Å². The minimum atomic E-state index is -0.460. The fourth-order valence-electron chi connectivity index (χ4n) is 1.14. The standard InChI is InChI=1S/C10H12FNO2/c1-3-14-10(13)4-8-7(2)5-12-6-9(8)11/h5-6H,3-4H2,1-2H3. The Labute approximate surface area is 81.9 Å². The van der Waals surface area contributed by atoms with Gasteiger partial charge in [-0.3, -0.25) is 9.78 Å². The second-order valence-electron chi connectivity index (χ2n) is 2.90. The van der Waals surface area contributed by atoms with Crippen molar-refractivity contribution < 1.29 is 13.9 Å². The van der Waals surface area contributed by atoms with Crippen LogP contribution in [0.25, 0.3) is 0 Å². The number of rotatable bonds is 3. The van der Waals surface area contributed by atoms with Crippen molar-refractivity contribution in [3.8, 4) is 0 Å². The molecule has 0 amide bonds. The van der Waals surface area contributed by atoms with E-state index in [1.165, 1.54) is 6.20 Å². The van der Waals surface area contributed by atoms with Crippen LogP contribution in [-0.4, -0.2) is 17.6 Å². The maximum atomic E-state index is 13.2. The molecule has 0 bridgehead atoms. The molecule has 0 aromatic carbocycles. The molecule has 1 heterocycles. The number of aromatic nitrogens is 1. The van der Waals surface area contributed by atoms with Gasteiger partial charge in [0, 0.05) is 11.8 Å². The third-order valence-electron chi connectivity index (χ3n) is 1.85. The molecule has 0 fully saturated rings. The summed E-state index contributed by atoms with van der Waals surface area (Å²) in [6, 6.07) is 0. The van der Waals surface area contributed by atoms with E-state index >= 15 is 0 Å². The van der Waals surface area contributed by atoms with Gasteiger partial charge in [0.05, 0.1) is 19.2 Å². The van der Waals surface area contributed by atoms with Crippen molar-refractivity contribution in [1.29, 1.82) is 0 Å². The highest BCUT2D eigenvalue weighted by molar-refractivity contribution is 5.73. The number of esters is 1. The largest absolute Gasteiger partial charge is 0.466 e. The van der Waals surface area contributed by atoms with Gasteiger partial charge in [-0.15, -0.1) is 0 Å². The quantitative estimate of drug-likeness (QED) is 0.691. The molecule has 0 radical (unpaired) electrons. The number of pyridine rings is 1. The number of carbonyl (C=O) groups is 1. The Balaban J connectivity index is 2.80. The molecule has 1 rings (SSSR count). The van der Waals surface area contributed by atoms with E-state index in [0.29, 0.717) is 17.7 Å². The molecule has 4 heteroatoms. The van der Waals surface area contributed by atoms with E-state index in [2.05, 4.69) is 4.98 Å². The Morgan fingerprint density at radius 2 is 2.29 bits per heavy atom. The molecule has 14 heavy (non-hydrogen) atoms. The molecule has 1 aromatic heterocycles. The van der Waals surface area contributed by atoms with Crippen molar-refractivity contribution in [3.05, 3.63) is 29.3 Å². The highest BCUT2D eigenvalue weighted by atomic mass is 19.1. The second kappa shape index (κ2) is 4.69. The average Bonchev–Trinajstić information content (AvgIpc) is 2.12. The Bertz CT molecular complexity index is 319. The van der Waals surface area contributed by atoms with Crippen LogP contribution in [0.4, 0.5) is 4.39 Å². The molecule has 0 saturated carbocycles. The van der Waals surface area contributed by atoms with Crippen molar-refractivity contribution >= 4 is 5.97 Å². The zero-order valence-electron chi connectivity index (χ0n) is 8.21. The first-order chi connectivity index (χ1) is 6.65. The predicted molar refractivity (Wildman–Crippen MR) is 49.3 cm³/mol. The number of halogens is 1. The molecule has 0 aliphatic heterocycles. The summed E-state index contributed by atoms with van der Waals surface area (Å²) in [5.41, 5.74) is 1.02. The van der Waals surface area contributed by atoms with Gasteiger partial charge in [0.2, 0.25) is 0 Å². The van der Waals surface area contributed by atoms with Crippen LogP contribution in [0.5, 0.6) is 0 Å². The van der Waals surface area contributed by atoms with E-state index < -0.39 is 11.8 Å². The van der Waals surface area contributed by atoms with Crippen LogP contribution < -0.4 is 0 Å². The zero-order valence-corrected chi connectivity index (χ0v) is 8.21. The summed E-state index contributed by atoms with van der Waals surface area (Å²) in [7, 11) is 0. The van der Waals surface area contributed by atoms with Crippen LogP contribution in [0.2, 0.25) is 0 Å². The van der Waals surface area contributed by atoms with Crippen molar-refractivity contribution in [1.82, 2.24) is 4.98 Å². The second-order valence-corrected chi connectivity index (χ2v) is 2.90. The molecular formula is C10H12FNO2. The fourth-order valence-corrected chi connectivity index (χ4v) is 1.14. The Kier molecular flexibility index (Phi) is 3.56. The summed E-state index contributed by atoms with van der Waals surface area (Å²) in [4.78, 5) is 14.8. The number of carbonyl (C=O) groups excluding carboxylic acids is 1. The predicted octanol–water partition coefficient (Wildman–Crippen LogP) is 1.63. The summed E-state index contributed by atoms with van der Waals surface area (Å²) >= 11 is 0. The third kappa shape index (κ3) is 2.52. The van der Waals surface area contributed by atoms with Crippen LogP contribution >= 0.6 is 0 Å². The Morgan fingerprint density at radius 1 is 1.57 bits per heavy atom. The summed E-state index contributed by atoms with van der Waals surface area (Å²) in [6.07, 6.45) is 2.59. The summed E-state index contributed by atoms with van der Waals surface area (Å²) in [6.45, 7) is 3.74. The normalized spacial score (nSPS) is 9.93. The third-order valence-corrected chi connectivity index (χ3v) is 1.85. The molecule has 3 nitrogen and oxygen atoms in total. The van der Waals surface area contributed by atoms with Crippen molar-refractivity contribution in [3.63, 3.8) is 0 Å². The average molecular weight is 197 g/mol. The van der Waals surface area contributed by atoms with Crippen LogP contribution in [-0.2, 0) is 16.0 Å². The molecule has 0 unspecified atom stereocenters. The first-order valence-electron chi connectivity index (χ1n) is 4.39. The maximum absolute atomic E-state index is 13.2. The van der Waals surface area contributed by atoms with E-state index in [9.17, 15) is 9.18 Å². The van der Waals surface area contributed by atoms with Crippen molar-refractivity contribution in [2.75, 3.05) is 6.61 Å². The van der Waals surface area contributed by atoms with Gasteiger partial charge in [-0.05, 0) is 19.4 Å². The van der Waals surface area contributed by atoms with Gasteiger partial charge in [-0.25, -0.2) is 4.39 Å². The van der Waals surface area contributed by atoms with Crippen molar-refractivity contribution in [2.45, 2.75) is 20.3 Å². The molecule has 0 N–H and O–H groups in total. The minimum absolute atomic E-state index is 0.0337. The van der Waals surface area contributed by atoms with Gasteiger partial charge in [0.15, 0.2) is 0 Å². The van der Waals surface area contributed by atoms with Crippen molar-refractivity contribution in [2.24, 2.45) is 0 Å². The molecule has 0 spiro atoms. The lowest BCUT2D eigenvalue weighted by Gasteiger charge is -2.05. The van der Waals surface area contributed by atoms with Crippen LogP contribution in [0.1, 0.15) is 18.1 Å². The first kappa shape index (κ1) is 10.6. The number of nitrogens with zero attached hydrogens (tertiary/aromatic N) is 1. The summed E-state index contributed by atoms with van der Waals surface area (Å²) in [5, 5.41) is 0. The van der Waals surface area contributed by atoms with E-state index in [4.69, 9.17) is 4.74 Å². The molecule has 0 saturated heterocycles. The van der Waals surface area contributed by atoms with Gasteiger partial charge < -0.3 is 4.74 Å². The number of ether oxygens (including phenoxy) is 1. The van der Waals surface area contributed by atoms with Gasteiger partial charge in [0.1, 0.15) is 5.82 Å². The topological polar surface area (TPSA) is 39.2 Å².